The summed E-state index contributed by atoms with van der Waals surface area (Å²) in [6.45, 7) is 1.65. The Hall–Kier alpha value is -0.160. The lowest BCUT2D eigenvalue weighted by Crippen LogP contribution is -2.38. The van der Waals surface area contributed by atoms with Crippen molar-refractivity contribution in [2.45, 2.75) is 63.4 Å². The van der Waals surface area contributed by atoms with Crippen LogP contribution < -0.4 is 11.1 Å². The minimum absolute atomic E-state index is 0.0176. The normalized spacial score (nSPS) is 33.6. The Morgan fingerprint density at radius 2 is 1.75 bits per heavy atom. The van der Waals surface area contributed by atoms with Gasteiger partial charge in [-0.15, -0.1) is 5.73 Å². The molecule has 1 N–H and O–H groups in total. The Balaban J connectivity index is 1.67. The van der Waals surface area contributed by atoms with E-state index in [0.29, 0.717) is 6.04 Å². The fourth-order valence-electron chi connectivity index (χ4n) is 2.44. The summed E-state index contributed by atoms with van der Waals surface area (Å²) in [7, 11) is 0. The molecule has 2 radical (unpaired) electrons. The molecular weight excluding hydrogens is 204 g/mol. The van der Waals surface area contributed by atoms with Gasteiger partial charge in [-0.2, -0.15) is 0 Å². The van der Waals surface area contributed by atoms with Crippen LogP contribution >= 0.6 is 0 Å². The standard InChI is InChI=1S/C12H22N2O2/c13-11-5-2-1-4-10(14-11)6-7-12-15-8-3-9-16-12/h10-12,14H,1-9H2. The molecule has 0 amide bonds. The summed E-state index contributed by atoms with van der Waals surface area (Å²) in [5.74, 6) is 0. The maximum atomic E-state index is 9.62. The first-order valence-corrected chi connectivity index (χ1v) is 6.52. The highest BCUT2D eigenvalue weighted by Crippen LogP contribution is 2.18. The zero-order valence-corrected chi connectivity index (χ0v) is 9.86. The molecule has 0 aliphatic carbocycles. The summed E-state index contributed by atoms with van der Waals surface area (Å²) >= 11 is 0. The van der Waals surface area contributed by atoms with Gasteiger partial charge in [0.15, 0.2) is 6.29 Å². The van der Waals surface area contributed by atoms with Crippen LogP contribution in [-0.4, -0.2) is 31.7 Å². The Kier molecular flexibility index (Phi) is 5.03. The zero-order valence-electron chi connectivity index (χ0n) is 9.86. The molecule has 4 heteroatoms. The number of nitrogens with zero attached hydrogens (tertiary/aromatic N) is 1. The Labute approximate surface area is 97.9 Å². The molecule has 0 aromatic rings. The van der Waals surface area contributed by atoms with Gasteiger partial charge < -0.3 is 9.47 Å². The zero-order chi connectivity index (χ0) is 11.2. The molecule has 0 bridgehead atoms. The number of hydrogen-bond donors (Lipinski definition) is 1. The third kappa shape index (κ3) is 4.01. The molecular formula is C12H22N2O2. The summed E-state index contributed by atoms with van der Waals surface area (Å²) in [5.41, 5.74) is 9.62. The van der Waals surface area contributed by atoms with Crippen LogP contribution in [0, 0.1) is 0 Å². The Morgan fingerprint density at radius 3 is 2.56 bits per heavy atom. The number of hydrogen-bond acceptors (Lipinski definition) is 3. The van der Waals surface area contributed by atoms with Gasteiger partial charge >= 0.3 is 0 Å². The minimum atomic E-state index is -0.319. The van der Waals surface area contributed by atoms with E-state index in [1.54, 1.807) is 0 Å². The minimum Gasteiger partial charge on any atom is -0.353 e. The van der Waals surface area contributed by atoms with E-state index in [1.807, 2.05) is 0 Å². The second-order valence-electron chi connectivity index (χ2n) is 4.77. The lowest BCUT2D eigenvalue weighted by molar-refractivity contribution is -0.182. The van der Waals surface area contributed by atoms with Crippen molar-refractivity contribution in [2.75, 3.05) is 13.2 Å². The number of ether oxygens (including phenoxy) is 2. The van der Waals surface area contributed by atoms with Crippen LogP contribution in [0.2, 0.25) is 0 Å². The van der Waals surface area contributed by atoms with E-state index in [-0.39, 0.29) is 12.5 Å². The van der Waals surface area contributed by atoms with Gasteiger partial charge in [0.2, 0.25) is 0 Å². The van der Waals surface area contributed by atoms with Gasteiger partial charge in [0.1, 0.15) is 0 Å². The molecule has 2 rings (SSSR count). The molecule has 2 atom stereocenters. The molecule has 2 heterocycles. The molecule has 16 heavy (non-hydrogen) atoms. The van der Waals surface area contributed by atoms with Crippen molar-refractivity contribution >= 4 is 0 Å². The van der Waals surface area contributed by atoms with Gasteiger partial charge in [0, 0.05) is 6.04 Å². The van der Waals surface area contributed by atoms with E-state index >= 15 is 0 Å². The fourth-order valence-corrected chi connectivity index (χ4v) is 2.44. The van der Waals surface area contributed by atoms with Crippen LogP contribution in [0.1, 0.15) is 44.9 Å². The van der Waals surface area contributed by atoms with Crippen molar-refractivity contribution in [1.82, 2.24) is 11.1 Å². The Bertz CT molecular complexity index is 195. The lowest BCUT2D eigenvalue weighted by atomic mass is 10.1. The lowest BCUT2D eigenvalue weighted by Gasteiger charge is -2.25. The highest BCUT2D eigenvalue weighted by molar-refractivity contribution is 4.75. The van der Waals surface area contributed by atoms with E-state index in [2.05, 4.69) is 5.32 Å². The quantitative estimate of drug-likeness (QED) is 0.792. The third-order valence-electron chi connectivity index (χ3n) is 3.36. The summed E-state index contributed by atoms with van der Waals surface area (Å²) in [5, 5.41) is 3.26. The van der Waals surface area contributed by atoms with Crippen LogP contribution in [0.5, 0.6) is 0 Å². The van der Waals surface area contributed by atoms with Gasteiger partial charge in [0.25, 0.3) is 0 Å². The molecule has 2 fully saturated rings. The summed E-state index contributed by atoms with van der Waals surface area (Å²) < 4.78 is 11.0. The molecule has 0 spiro atoms. The maximum Gasteiger partial charge on any atom is 0.157 e. The van der Waals surface area contributed by atoms with Crippen molar-refractivity contribution in [3.8, 4) is 0 Å². The average Bonchev–Trinajstić information content (AvgIpc) is 2.52. The van der Waals surface area contributed by atoms with Crippen molar-refractivity contribution in [1.29, 1.82) is 0 Å². The van der Waals surface area contributed by atoms with Gasteiger partial charge in [-0.3, -0.25) is 5.32 Å². The van der Waals surface area contributed by atoms with Crippen molar-refractivity contribution in [3.63, 3.8) is 0 Å². The van der Waals surface area contributed by atoms with E-state index in [0.717, 1.165) is 51.7 Å². The van der Waals surface area contributed by atoms with Crippen LogP contribution in [0.15, 0.2) is 0 Å². The van der Waals surface area contributed by atoms with Crippen molar-refractivity contribution < 1.29 is 9.47 Å². The van der Waals surface area contributed by atoms with E-state index < -0.39 is 0 Å². The largest absolute Gasteiger partial charge is 0.353 e. The molecule has 92 valence electrons. The number of nitrogens with one attached hydrogen (secondary N) is 1. The molecule has 2 saturated heterocycles. The highest BCUT2D eigenvalue weighted by Gasteiger charge is 2.20. The smallest absolute Gasteiger partial charge is 0.157 e. The molecule has 0 aromatic carbocycles. The van der Waals surface area contributed by atoms with Crippen LogP contribution in [0.4, 0.5) is 0 Å². The van der Waals surface area contributed by atoms with Crippen molar-refractivity contribution in [3.05, 3.63) is 0 Å². The van der Waals surface area contributed by atoms with Crippen molar-refractivity contribution in [2.24, 2.45) is 0 Å². The molecule has 2 unspecified atom stereocenters. The molecule has 2 aliphatic heterocycles. The second-order valence-corrected chi connectivity index (χ2v) is 4.77. The van der Waals surface area contributed by atoms with Gasteiger partial charge in [-0.1, -0.05) is 12.8 Å². The maximum absolute atomic E-state index is 9.62. The van der Waals surface area contributed by atoms with Crippen LogP contribution in [0.3, 0.4) is 0 Å². The third-order valence-corrected chi connectivity index (χ3v) is 3.36. The number of rotatable bonds is 3. The van der Waals surface area contributed by atoms with Gasteiger partial charge in [0.05, 0.1) is 19.4 Å². The summed E-state index contributed by atoms with van der Waals surface area (Å²) in [4.78, 5) is 0. The Morgan fingerprint density at radius 1 is 1.00 bits per heavy atom. The molecule has 2 aliphatic rings. The topological polar surface area (TPSA) is 52.8 Å². The first-order valence-electron chi connectivity index (χ1n) is 6.52. The first kappa shape index (κ1) is 12.3. The first-order chi connectivity index (χ1) is 7.84. The average molecular weight is 226 g/mol. The monoisotopic (exact) mass is 226 g/mol. The predicted molar refractivity (Wildman–Crippen MR) is 60.9 cm³/mol. The van der Waals surface area contributed by atoms with E-state index in [4.69, 9.17) is 9.47 Å². The van der Waals surface area contributed by atoms with Crippen LogP contribution in [-0.2, 0) is 9.47 Å². The molecule has 0 aromatic heterocycles. The summed E-state index contributed by atoms with van der Waals surface area (Å²) in [6, 6.07) is 0.423. The van der Waals surface area contributed by atoms with Crippen LogP contribution in [0.25, 0.3) is 0 Å². The van der Waals surface area contributed by atoms with Gasteiger partial charge in [-0.05, 0) is 32.1 Å². The van der Waals surface area contributed by atoms with Gasteiger partial charge in [-0.25, -0.2) is 0 Å². The molecule has 4 nitrogen and oxygen atoms in total. The van der Waals surface area contributed by atoms with E-state index in [9.17, 15) is 5.73 Å². The fraction of sp³-hybridized carbons (Fsp3) is 1.00. The SMILES string of the molecule is [N]C1CCCCC(CCC2OCCCO2)N1. The van der Waals surface area contributed by atoms with E-state index in [1.165, 1.54) is 6.42 Å². The summed E-state index contributed by atoms with van der Waals surface area (Å²) in [6.07, 6.45) is 7.01. The predicted octanol–water partition coefficient (Wildman–Crippen LogP) is 1.46. The second kappa shape index (κ2) is 6.55. The molecule has 0 saturated carbocycles. The highest BCUT2D eigenvalue weighted by atomic mass is 16.7.